The molecule has 0 aliphatic rings. The number of amides is 1. The van der Waals surface area contributed by atoms with Crippen LogP contribution in [0.1, 0.15) is 16.1 Å². The van der Waals surface area contributed by atoms with Crippen molar-refractivity contribution in [2.24, 2.45) is 0 Å². The number of benzene rings is 1. The highest BCUT2D eigenvalue weighted by atomic mass is 16.3. The van der Waals surface area contributed by atoms with Crippen molar-refractivity contribution in [3.8, 4) is 0 Å². The molecule has 0 aliphatic carbocycles. The van der Waals surface area contributed by atoms with Gasteiger partial charge in [-0.25, -0.2) is 0 Å². The van der Waals surface area contributed by atoms with E-state index in [1.807, 2.05) is 36.5 Å². The van der Waals surface area contributed by atoms with Crippen LogP contribution in [0.3, 0.4) is 0 Å². The monoisotopic (exact) mass is 267 g/mol. The minimum Gasteiger partial charge on any atom is -0.459 e. The maximum Gasteiger partial charge on any atom is 0.292 e. The van der Waals surface area contributed by atoms with Gasteiger partial charge in [0.25, 0.3) is 5.91 Å². The molecule has 3 rings (SSSR count). The van der Waals surface area contributed by atoms with Crippen LogP contribution in [0.4, 0.5) is 5.82 Å². The second-order valence-corrected chi connectivity index (χ2v) is 4.32. The molecule has 100 valence electrons. The number of furan rings is 1. The summed E-state index contributed by atoms with van der Waals surface area (Å²) < 4.78 is 6.79. The van der Waals surface area contributed by atoms with Crippen LogP contribution in [0.15, 0.2) is 65.4 Å². The Bertz CT molecular complexity index is 687. The molecule has 5 nitrogen and oxygen atoms in total. The lowest BCUT2D eigenvalue weighted by Crippen LogP contribution is -2.12. The molecule has 2 aromatic heterocycles. The molecule has 20 heavy (non-hydrogen) atoms. The number of hydrogen-bond donors (Lipinski definition) is 1. The second kappa shape index (κ2) is 5.44. The van der Waals surface area contributed by atoms with Crippen LogP contribution in [0.2, 0.25) is 0 Å². The lowest BCUT2D eigenvalue weighted by atomic mass is 10.2. The first-order valence-electron chi connectivity index (χ1n) is 6.23. The largest absolute Gasteiger partial charge is 0.459 e. The molecule has 5 heteroatoms. The van der Waals surface area contributed by atoms with Crippen LogP contribution in [0.5, 0.6) is 0 Å². The number of anilines is 1. The number of carbonyl (C=O) groups excluding carboxylic acids is 1. The normalized spacial score (nSPS) is 10.4. The molecular formula is C15H13N3O2. The predicted octanol–water partition coefficient (Wildman–Crippen LogP) is 2.78. The van der Waals surface area contributed by atoms with E-state index < -0.39 is 0 Å². The number of nitrogens with one attached hydrogen (secondary N) is 1. The predicted molar refractivity (Wildman–Crippen MR) is 74.4 cm³/mol. The maximum absolute atomic E-state index is 11.8. The molecule has 0 saturated heterocycles. The van der Waals surface area contributed by atoms with E-state index in [0.717, 1.165) is 5.56 Å². The molecule has 3 aromatic rings. The molecule has 1 amide bonds. The third-order valence-electron chi connectivity index (χ3n) is 2.81. The van der Waals surface area contributed by atoms with Crippen molar-refractivity contribution in [3.05, 3.63) is 72.3 Å². The number of nitrogens with zero attached hydrogens (tertiary/aromatic N) is 2. The summed E-state index contributed by atoms with van der Waals surface area (Å²) in [6, 6.07) is 15.0. The van der Waals surface area contributed by atoms with E-state index in [1.54, 1.807) is 22.9 Å². The van der Waals surface area contributed by atoms with Gasteiger partial charge in [0.1, 0.15) is 0 Å². The van der Waals surface area contributed by atoms with Crippen molar-refractivity contribution in [2.45, 2.75) is 6.54 Å². The molecule has 0 radical (unpaired) electrons. The Morgan fingerprint density at radius 3 is 2.75 bits per heavy atom. The third-order valence-corrected chi connectivity index (χ3v) is 2.81. The Balaban J connectivity index is 1.67. The van der Waals surface area contributed by atoms with Gasteiger partial charge in [-0.2, -0.15) is 5.10 Å². The molecule has 0 aliphatic heterocycles. The van der Waals surface area contributed by atoms with Gasteiger partial charge in [0.05, 0.1) is 12.8 Å². The Hall–Kier alpha value is -2.82. The average Bonchev–Trinajstić information content (AvgIpc) is 3.11. The minimum absolute atomic E-state index is 0.266. The molecule has 1 N–H and O–H groups in total. The summed E-state index contributed by atoms with van der Waals surface area (Å²) in [5.74, 6) is 0.463. The topological polar surface area (TPSA) is 60.1 Å². The van der Waals surface area contributed by atoms with Gasteiger partial charge in [0.15, 0.2) is 11.6 Å². The summed E-state index contributed by atoms with van der Waals surface area (Å²) in [6.07, 6.45) is 3.29. The first-order chi connectivity index (χ1) is 9.81. The quantitative estimate of drug-likeness (QED) is 0.790. The van der Waals surface area contributed by atoms with E-state index in [9.17, 15) is 4.79 Å². The van der Waals surface area contributed by atoms with E-state index in [-0.39, 0.29) is 11.7 Å². The zero-order valence-corrected chi connectivity index (χ0v) is 10.7. The van der Waals surface area contributed by atoms with E-state index in [4.69, 9.17) is 4.42 Å². The summed E-state index contributed by atoms with van der Waals surface area (Å²) in [5.41, 5.74) is 1.15. The smallest absolute Gasteiger partial charge is 0.292 e. The van der Waals surface area contributed by atoms with Gasteiger partial charge in [-0.05, 0) is 17.7 Å². The first-order valence-corrected chi connectivity index (χ1v) is 6.23. The van der Waals surface area contributed by atoms with Crippen LogP contribution in [-0.2, 0) is 6.54 Å². The lowest BCUT2D eigenvalue weighted by molar-refractivity contribution is 0.0996. The summed E-state index contributed by atoms with van der Waals surface area (Å²) in [5, 5.41) is 6.98. The van der Waals surface area contributed by atoms with Crippen LogP contribution in [0, 0.1) is 0 Å². The van der Waals surface area contributed by atoms with E-state index in [1.165, 1.54) is 6.26 Å². The molecule has 0 unspecified atom stereocenters. The van der Waals surface area contributed by atoms with Gasteiger partial charge in [0.2, 0.25) is 0 Å². The molecule has 0 spiro atoms. The van der Waals surface area contributed by atoms with E-state index in [0.29, 0.717) is 12.4 Å². The standard InChI is InChI=1S/C15H13N3O2/c19-15(13-7-4-10-20-13)16-14-8-9-18(17-14)11-12-5-2-1-3-6-12/h1-10H,11H2,(H,16,17,19). The Labute approximate surface area is 115 Å². The highest BCUT2D eigenvalue weighted by Crippen LogP contribution is 2.09. The van der Waals surface area contributed by atoms with Gasteiger partial charge in [-0.1, -0.05) is 30.3 Å². The van der Waals surface area contributed by atoms with Crippen molar-refractivity contribution in [3.63, 3.8) is 0 Å². The summed E-state index contributed by atoms with van der Waals surface area (Å²) in [6.45, 7) is 0.664. The summed E-state index contributed by atoms with van der Waals surface area (Å²) >= 11 is 0. The van der Waals surface area contributed by atoms with Gasteiger partial charge < -0.3 is 9.73 Å². The molecule has 2 heterocycles. The van der Waals surface area contributed by atoms with Gasteiger partial charge >= 0.3 is 0 Å². The fraction of sp³-hybridized carbons (Fsp3) is 0.0667. The number of aromatic nitrogens is 2. The van der Waals surface area contributed by atoms with Crippen LogP contribution >= 0.6 is 0 Å². The van der Waals surface area contributed by atoms with E-state index in [2.05, 4.69) is 10.4 Å². The van der Waals surface area contributed by atoms with Gasteiger partial charge in [-0.3, -0.25) is 9.48 Å². The Morgan fingerprint density at radius 2 is 2.00 bits per heavy atom. The van der Waals surface area contributed by atoms with Gasteiger partial charge in [-0.15, -0.1) is 0 Å². The Morgan fingerprint density at radius 1 is 1.15 bits per heavy atom. The number of rotatable bonds is 4. The number of carbonyl (C=O) groups is 1. The summed E-state index contributed by atoms with van der Waals surface area (Å²) in [4.78, 5) is 11.8. The Kier molecular flexibility index (Phi) is 3.33. The van der Waals surface area contributed by atoms with Crippen LogP contribution < -0.4 is 5.32 Å². The highest BCUT2D eigenvalue weighted by molar-refractivity contribution is 6.01. The van der Waals surface area contributed by atoms with Crippen molar-refractivity contribution >= 4 is 11.7 Å². The van der Waals surface area contributed by atoms with Crippen LogP contribution in [-0.4, -0.2) is 15.7 Å². The zero-order chi connectivity index (χ0) is 13.8. The summed E-state index contributed by atoms with van der Waals surface area (Å²) in [7, 11) is 0. The SMILES string of the molecule is O=C(Nc1ccn(Cc2ccccc2)n1)c1ccco1. The first kappa shape index (κ1) is 12.2. The molecule has 1 aromatic carbocycles. The maximum atomic E-state index is 11.8. The van der Waals surface area contributed by atoms with Crippen molar-refractivity contribution in [1.29, 1.82) is 0 Å². The van der Waals surface area contributed by atoms with Gasteiger partial charge in [0, 0.05) is 12.3 Å². The second-order valence-electron chi connectivity index (χ2n) is 4.32. The molecule has 0 bridgehead atoms. The zero-order valence-electron chi connectivity index (χ0n) is 10.7. The number of hydrogen-bond acceptors (Lipinski definition) is 3. The third kappa shape index (κ3) is 2.77. The van der Waals surface area contributed by atoms with Crippen molar-refractivity contribution < 1.29 is 9.21 Å². The van der Waals surface area contributed by atoms with Crippen molar-refractivity contribution in [2.75, 3.05) is 5.32 Å². The fourth-order valence-electron chi connectivity index (χ4n) is 1.87. The van der Waals surface area contributed by atoms with Crippen molar-refractivity contribution in [1.82, 2.24) is 9.78 Å². The lowest BCUT2D eigenvalue weighted by Gasteiger charge is -2.01. The average molecular weight is 267 g/mol. The molecule has 0 saturated carbocycles. The minimum atomic E-state index is -0.306. The highest BCUT2D eigenvalue weighted by Gasteiger charge is 2.10. The van der Waals surface area contributed by atoms with Crippen LogP contribution in [0.25, 0.3) is 0 Å². The fourth-order valence-corrected chi connectivity index (χ4v) is 1.87. The van der Waals surface area contributed by atoms with E-state index >= 15 is 0 Å². The molecule has 0 atom stereocenters. The molecular weight excluding hydrogens is 254 g/mol. The molecule has 0 fully saturated rings.